The van der Waals surface area contributed by atoms with Gasteiger partial charge in [-0.3, -0.25) is 9.59 Å². The normalized spacial score (nSPS) is 13.0. The molecule has 0 fully saturated rings. The zero-order chi connectivity index (χ0) is 22.7. The van der Waals surface area contributed by atoms with E-state index in [-0.39, 0.29) is 23.8 Å². The molecule has 0 spiro atoms. The quantitative estimate of drug-likeness (QED) is 0.544. The van der Waals surface area contributed by atoms with Crippen LogP contribution in [0.3, 0.4) is 0 Å². The fourth-order valence-electron chi connectivity index (χ4n) is 3.73. The van der Waals surface area contributed by atoms with Gasteiger partial charge in [0.2, 0.25) is 11.8 Å². The largest absolute Gasteiger partial charge is 0.376 e. The number of benzene rings is 2. The lowest BCUT2D eigenvalue weighted by Crippen LogP contribution is -2.31. The summed E-state index contributed by atoms with van der Waals surface area (Å²) in [5, 5.41) is 8.46. The van der Waals surface area contributed by atoms with Crippen LogP contribution in [-0.2, 0) is 16.0 Å². The number of hydrogen-bond donors (Lipinski definition) is 2. The van der Waals surface area contributed by atoms with Gasteiger partial charge in [0.15, 0.2) is 5.13 Å². The number of hydrogen-bond acceptors (Lipinski definition) is 5. The van der Waals surface area contributed by atoms with Gasteiger partial charge in [0.25, 0.3) is 0 Å². The van der Waals surface area contributed by atoms with Crippen LogP contribution in [0.25, 0.3) is 11.3 Å². The van der Waals surface area contributed by atoms with Crippen LogP contribution in [0.4, 0.5) is 16.5 Å². The fraction of sp³-hybridized carbons (Fsp3) is 0.320. The lowest BCUT2D eigenvalue weighted by Gasteiger charge is -2.23. The van der Waals surface area contributed by atoms with E-state index in [4.69, 9.17) is 0 Å². The first-order valence-corrected chi connectivity index (χ1v) is 11.6. The summed E-state index contributed by atoms with van der Waals surface area (Å²) in [6.07, 6.45) is 1.38. The molecule has 7 heteroatoms. The van der Waals surface area contributed by atoms with Gasteiger partial charge in [0.05, 0.1) is 12.2 Å². The maximum absolute atomic E-state index is 12.7. The molecule has 0 aliphatic carbocycles. The summed E-state index contributed by atoms with van der Waals surface area (Å²) in [6, 6.07) is 15.7. The molecule has 1 aliphatic rings. The molecule has 4 rings (SSSR count). The zero-order valence-corrected chi connectivity index (χ0v) is 19.5. The van der Waals surface area contributed by atoms with E-state index in [0.717, 1.165) is 41.2 Å². The highest BCUT2D eigenvalue weighted by Crippen LogP contribution is 2.34. The van der Waals surface area contributed by atoms with Crippen LogP contribution in [0.2, 0.25) is 0 Å². The molecule has 166 valence electrons. The van der Waals surface area contributed by atoms with E-state index in [2.05, 4.69) is 42.5 Å². The van der Waals surface area contributed by atoms with Crippen molar-refractivity contribution in [1.82, 2.24) is 4.98 Å². The Hall–Kier alpha value is -3.19. The van der Waals surface area contributed by atoms with E-state index < -0.39 is 0 Å². The molecule has 32 heavy (non-hydrogen) atoms. The molecule has 2 heterocycles. The first-order chi connectivity index (χ1) is 15.3. The van der Waals surface area contributed by atoms with Gasteiger partial charge in [0.1, 0.15) is 0 Å². The summed E-state index contributed by atoms with van der Waals surface area (Å²) in [4.78, 5) is 31.4. The average molecular weight is 449 g/mol. The van der Waals surface area contributed by atoms with Crippen molar-refractivity contribution in [1.29, 1.82) is 0 Å². The molecule has 2 N–H and O–H groups in total. The van der Waals surface area contributed by atoms with E-state index in [9.17, 15) is 9.59 Å². The number of carbonyl (C=O) groups excluding carboxylic acids is 2. The second-order valence-electron chi connectivity index (χ2n) is 9.18. The molecule has 0 bridgehead atoms. The third-order valence-corrected chi connectivity index (χ3v) is 5.99. The van der Waals surface area contributed by atoms with Crippen molar-refractivity contribution in [3.05, 3.63) is 59.5 Å². The number of amides is 2. The summed E-state index contributed by atoms with van der Waals surface area (Å²) in [6.45, 7) is 7.15. The van der Waals surface area contributed by atoms with Crippen molar-refractivity contribution in [2.24, 2.45) is 5.41 Å². The van der Waals surface area contributed by atoms with Crippen LogP contribution in [-0.4, -0.2) is 29.9 Å². The molecule has 2 aromatic carbocycles. The van der Waals surface area contributed by atoms with E-state index in [0.29, 0.717) is 11.6 Å². The van der Waals surface area contributed by atoms with Gasteiger partial charge in [-0.15, -0.1) is 11.3 Å². The SMILES string of the molecule is CC(C)(C)CC(=O)N1CCc2cc(-c3csc(NC(=O)CNc4ccccc4)n3)ccc21. The molecule has 2 amide bonds. The number of nitrogens with zero attached hydrogens (tertiary/aromatic N) is 2. The highest BCUT2D eigenvalue weighted by atomic mass is 32.1. The number of thiazole rings is 1. The Morgan fingerprint density at radius 1 is 1.12 bits per heavy atom. The molecular weight excluding hydrogens is 420 g/mol. The molecule has 1 aliphatic heterocycles. The van der Waals surface area contributed by atoms with Crippen LogP contribution in [0.15, 0.2) is 53.9 Å². The minimum absolute atomic E-state index is 0.0299. The Balaban J connectivity index is 1.39. The average Bonchev–Trinajstić information content (AvgIpc) is 3.38. The van der Waals surface area contributed by atoms with E-state index in [1.54, 1.807) is 0 Å². The third kappa shape index (κ3) is 5.34. The number of nitrogens with one attached hydrogen (secondary N) is 2. The molecule has 0 saturated heterocycles. The second-order valence-corrected chi connectivity index (χ2v) is 10.0. The van der Waals surface area contributed by atoms with Gasteiger partial charge in [-0.1, -0.05) is 45.0 Å². The third-order valence-electron chi connectivity index (χ3n) is 5.23. The number of para-hydroxylation sites is 1. The fourth-order valence-corrected chi connectivity index (χ4v) is 4.47. The van der Waals surface area contributed by atoms with Crippen LogP contribution < -0.4 is 15.5 Å². The second kappa shape index (κ2) is 9.12. The van der Waals surface area contributed by atoms with Crippen molar-refractivity contribution >= 4 is 39.7 Å². The summed E-state index contributed by atoms with van der Waals surface area (Å²) < 4.78 is 0. The number of fused-ring (bicyclic) bond motifs is 1. The Kier molecular flexibility index (Phi) is 6.28. The van der Waals surface area contributed by atoms with Gasteiger partial charge in [-0.2, -0.15) is 0 Å². The van der Waals surface area contributed by atoms with E-state index in [1.807, 2.05) is 52.7 Å². The monoisotopic (exact) mass is 448 g/mol. The Labute approximate surface area is 192 Å². The first-order valence-electron chi connectivity index (χ1n) is 10.8. The van der Waals surface area contributed by atoms with Gasteiger partial charge in [-0.25, -0.2) is 4.98 Å². The first kappa shape index (κ1) is 22.0. The lowest BCUT2D eigenvalue weighted by atomic mass is 9.91. The molecule has 3 aromatic rings. The van der Waals surface area contributed by atoms with Crippen LogP contribution >= 0.6 is 11.3 Å². The van der Waals surface area contributed by atoms with Crippen molar-refractivity contribution in [3.63, 3.8) is 0 Å². The number of anilines is 3. The predicted molar refractivity (Wildman–Crippen MR) is 131 cm³/mol. The molecule has 0 radical (unpaired) electrons. The van der Waals surface area contributed by atoms with Gasteiger partial charge in [-0.05, 0) is 41.7 Å². The maximum Gasteiger partial charge on any atom is 0.245 e. The van der Waals surface area contributed by atoms with Crippen molar-refractivity contribution in [3.8, 4) is 11.3 Å². The standard InChI is InChI=1S/C25H28N4O2S/c1-25(2,3)14-23(31)29-12-11-18-13-17(9-10-21(18)29)20-16-32-24(27-20)28-22(30)15-26-19-7-5-4-6-8-19/h4-10,13,16,26H,11-12,14-15H2,1-3H3,(H,27,28,30). The van der Waals surface area contributed by atoms with E-state index in [1.165, 1.54) is 11.3 Å². The Bertz CT molecular complexity index is 1120. The van der Waals surface area contributed by atoms with Crippen LogP contribution in [0.5, 0.6) is 0 Å². The maximum atomic E-state index is 12.7. The molecule has 0 unspecified atom stereocenters. The molecule has 1 aromatic heterocycles. The minimum atomic E-state index is -0.142. The van der Waals surface area contributed by atoms with Gasteiger partial charge < -0.3 is 15.5 Å². The lowest BCUT2D eigenvalue weighted by molar-refractivity contribution is -0.120. The Morgan fingerprint density at radius 3 is 2.66 bits per heavy atom. The molecule has 0 saturated carbocycles. The van der Waals surface area contributed by atoms with Gasteiger partial charge in [0, 0.05) is 35.3 Å². The number of carbonyl (C=O) groups is 2. The van der Waals surface area contributed by atoms with Crippen molar-refractivity contribution in [2.75, 3.05) is 28.6 Å². The summed E-state index contributed by atoms with van der Waals surface area (Å²) in [7, 11) is 0. The summed E-state index contributed by atoms with van der Waals surface area (Å²) in [5.41, 5.74) is 4.85. The molecular formula is C25H28N4O2S. The van der Waals surface area contributed by atoms with Crippen molar-refractivity contribution in [2.45, 2.75) is 33.6 Å². The number of aromatic nitrogens is 1. The predicted octanol–water partition coefficient (Wildman–Crippen LogP) is 5.19. The van der Waals surface area contributed by atoms with Crippen LogP contribution in [0, 0.1) is 5.41 Å². The van der Waals surface area contributed by atoms with Crippen LogP contribution in [0.1, 0.15) is 32.8 Å². The highest BCUT2D eigenvalue weighted by Gasteiger charge is 2.28. The highest BCUT2D eigenvalue weighted by molar-refractivity contribution is 7.14. The van der Waals surface area contributed by atoms with E-state index >= 15 is 0 Å². The van der Waals surface area contributed by atoms with Gasteiger partial charge >= 0.3 is 0 Å². The summed E-state index contributed by atoms with van der Waals surface area (Å²) >= 11 is 1.40. The minimum Gasteiger partial charge on any atom is -0.376 e. The number of rotatable bonds is 6. The summed E-state index contributed by atoms with van der Waals surface area (Å²) in [5.74, 6) is 0.0310. The Morgan fingerprint density at radius 2 is 1.91 bits per heavy atom. The molecule has 0 atom stereocenters. The molecule has 6 nitrogen and oxygen atoms in total. The topological polar surface area (TPSA) is 74.3 Å². The van der Waals surface area contributed by atoms with Crippen molar-refractivity contribution < 1.29 is 9.59 Å². The smallest absolute Gasteiger partial charge is 0.245 e. The zero-order valence-electron chi connectivity index (χ0n) is 18.6.